The average Bonchev–Trinajstić information content (AvgIpc) is 3.04. The Balaban J connectivity index is 2.29. The normalized spacial score (nSPS) is 17.2. The number of carbonyl (C=O) groups excluding carboxylic acids is 1. The van der Waals surface area contributed by atoms with Crippen LogP contribution >= 0.6 is 15.9 Å². The molecule has 1 heterocycles. The Morgan fingerprint density at radius 2 is 2.05 bits per heavy atom. The number of carbonyl (C=O) groups is 1. The fraction of sp³-hybridized carbons (Fsp3) is 0.533. The summed E-state index contributed by atoms with van der Waals surface area (Å²) in [5, 5.41) is 6.27. The van der Waals surface area contributed by atoms with Gasteiger partial charge < -0.3 is 24.8 Å². The van der Waals surface area contributed by atoms with E-state index >= 15 is 0 Å². The highest BCUT2D eigenvalue weighted by Crippen LogP contribution is 2.42. The lowest BCUT2D eigenvalue weighted by atomic mass is 10.1. The topological polar surface area (TPSA) is 68.8 Å². The molecule has 0 aliphatic carbocycles. The van der Waals surface area contributed by atoms with Crippen LogP contribution in [-0.4, -0.2) is 46.4 Å². The van der Waals surface area contributed by atoms with Gasteiger partial charge in [-0.1, -0.05) is 0 Å². The van der Waals surface area contributed by atoms with Crippen molar-refractivity contribution in [3.8, 4) is 17.2 Å². The van der Waals surface area contributed by atoms with Crippen LogP contribution in [0.15, 0.2) is 10.5 Å². The first-order valence-electron chi connectivity index (χ1n) is 7.12. The fourth-order valence-corrected chi connectivity index (χ4v) is 3.16. The van der Waals surface area contributed by atoms with Gasteiger partial charge in [0.05, 0.1) is 25.8 Å². The number of benzene rings is 1. The molecule has 2 N–H and O–H groups in total. The van der Waals surface area contributed by atoms with E-state index in [1.807, 2.05) is 0 Å². The highest BCUT2D eigenvalue weighted by molar-refractivity contribution is 9.10. The highest BCUT2D eigenvalue weighted by atomic mass is 79.9. The van der Waals surface area contributed by atoms with Gasteiger partial charge in [-0.25, -0.2) is 0 Å². The molecule has 0 bridgehead atoms. The summed E-state index contributed by atoms with van der Waals surface area (Å²) in [4.78, 5) is 12.6. The van der Waals surface area contributed by atoms with Crippen LogP contribution in [0.1, 0.15) is 23.2 Å². The Labute approximate surface area is 138 Å². The molecule has 1 unspecified atom stereocenters. The largest absolute Gasteiger partial charge is 0.495 e. The van der Waals surface area contributed by atoms with Gasteiger partial charge in [-0.05, 0) is 35.3 Å². The Bertz CT molecular complexity index is 545. The van der Waals surface area contributed by atoms with Gasteiger partial charge in [0.1, 0.15) is 11.3 Å². The Morgan fingerprint density at radius 1 is 1.32 bits per heavy atom. The van der Waals surface area contributed by atoms with Gasteiger partial charge in [0.2, 0.25) is 0 Å². The third kappa shape index (κ3) is 3.47. The molecule has 1 aliphatic heterocycles. The zero-order valence-electron chi connectivity index (χ0n) is 13.0. The lowest BCUT2D eigenvalue weighted by molar-refractivity contribution is 0.0943. The molecule has 0 spiro atoms. The van der Waals surface area contributed by atoms with E-state index in [1.54, 1.807) is 6.07 Å². The van der Waals surface area contributed by atoms with Crippen molar-refractivity contribution in [1.29, 1.82) is 0 Å². The first kappa shape index (κ1) is 16.9. The zero-order chi connectivity index (χ0) is 16.1. The van der Waals surface area contributed by atoms with Gasteiger partial charge in [-0.15, -0.1) is 0 Å². The molecule has 0 saturated carbocycles. The molecular formula is C15H21BrN2O4. The second kappa shape index (κ2) is 7.69. The van der Waals surface area contributed by atoms with Gasteiger partial charge in [-0.2, -0.15) is 0 Å². The first-order chi connectivity index (χ1) is 10.6. The quantitative estimate of drug-likeness (QED) is 0.798. The van der Waals surface area contributed by atoms with Crippen LogP contribution in [0, 0.1) is 0 Å². The number of methoxy groups -OCH3 is 3. The average molecular weight is 373 g/mol. The standard InChI is InChI=1S/C15H21BrN2O4/c1-20-11-7-10(16)13(21-2)12(14(11)22-3)15(19)18-8-9-5-4-6-17-9/h7,9,17H,4-6,8H2,1-3H3,(H,18,19). The molecule has 1 aromatic carbocycles. The van der Waals surface area contributed by atoms with Crippen LogP contribution in [0.4, 0.5) is 0 Å². The summed E-state index contributed by atoms with van der Waals surface area (Å²) in [6.07, 6.45) is 2.20. The van der Waals surface area contributed by atoms with Crippen LogP contribution in [0.3, 0.4) is 0 Å². The third-order valence-corrected chi connectivity index (χ3v) is 4.27. The van der Waals surface area contributed by atoms with Crippen molar-refractivity contribution in [2.24, 2.45) is 0 Å². The summed E-state index contributed by atoms with van der Waals surface area (Å²) in [6.45, 7) is 1.57. The molecule has 22 heavy (non-hydrogen) atoms. The molecule has 1 aliphatic rings. The smallest absolute Gasteiger partial charge is 0.259 e. The van der Waals surface area contributed by atoms with Crippen LogP contribution in [0.25, 0.3) is 0 Å². The van der Waals surface area contributed by atoms with Crippen molar-refractivity contribution in [2.45, 2.75) is 18.9 Å². The van der Waals surface area contributed by atoms with E-state index in [0.717, 1.165) is 19.4 Å². The van der Waals surface area contributed by atoms with Crippen molar-refractivity contribution in [3.05, 3.63) is 16.1 Å². The van der Waals surface area contributed by atoms with E-state index in [0.29, 0.717) is 39.9 Å². The monoisotopic (exact) mass is 372 g/mol. The second-order valence-corrected chi connectivity index (χ2v) is 5.86. The molecular weight excluding hydrogens is 352 g/mol. The van der Waals surface area contributed by atoms with Crippen molar-refractivity contribution in [1.82, 2.24) is 10.6 Å². The van der Waals surface area contributed by atoms with Crippen LogP contribution in [0.5, 0.6) is 17.2 Å². The molecule has 1 amide bonds. The van der Waals surface area contributed by atoms with Crippen LogP contribution < -0.4 is 24.8 Å². The molecule has 0 aromatic heterocycles. The SMILES string of the molecule is COc1cc(Br)c(OC)c(C(=O)NCC2CCCN2)c1OC. The van der Waals surface area contributed by atoms with E-state index < -0.39 is 0 Å². The minimum Gasteiger partial charge on any atom is -0.495 e. The summed E-state index contributed by atoms with van der Waals surface area (Å²) >= 11 is 3.40. The lowest BCUT2D eigenvalue weighted by Gasteiger charge is -2.18. The number of ether oxygens (including phenoxy) is 3. The van der Waals surface area contributed by atoms with Crippen molar-refractivity contribution in [2.75, 3.05) is 34.4 Å². The summed E-state index contributed by atoms with van der Waals surface area (Å²) in [6, 6.07) is 2.03. The molecule has 1 atom stereocenters. The molecule has 7 heteroatoms. The van der Waals surface area contributed by atoms with Crippen molar-refractivity contribution < 1.29 is 19.0 Å². The van der Waals surface area contributed by atoms with E-state index in [2.05, 4.69) is 26.6 Å². The van der Waals surface area contributed by atoms with Crippen LogP contribution in [0.2, 0.25) is 0 Å². The lowest BCUT2D eigenvalue weighted by Crippen LogP contribution is -2.37. The Hall–Kier alpha value is -1.47. The molecule has 122 valence electrons. The number of halogens is 1. The molecule has 6 nitrogen and oxygen atoms in total. The number of hydrogen-bond donors (Lipinski definition) is 2. The van der Waals surface area contributed by atoms with Gasteiger partial charge >= 0.3 is 0 Å². The summed E-state index contributed by atoms with van der Waals surface area (Å²) < 4.78 is 16.6. The van der Waals surface area contributed by atoms with Crippen LogP contribution in [-0.2, 0) is 0 Å². The van der Waals surface area contributed by atoms with Gasteiger partial charge in [0.15, 0.2) is 11.5 Å². The number of nitrogens with one attached hydrogen (secondary N) is 2. The Kier molecular flexibility index (Phi) is 5.90. The second-order valence-electron chi connectivity index (χ2n) is 5.01. The van der Waals surface area contributed by atoms with E-state index in [4.69, 9.17) is 14.2 Å². The summed E-state index contributed by atoms with van der Waals surface area (Å²) in [7, 11) is 4.54. The zero-order valence-corrected chi connectivity index (χ0v) is 14.6. The van der Waals surface area contributed by atoms with E-state index in [-0.39, 0.29) is 5.91 Å². The highest BCUT2D eigenvalue weighted by Gasteiger charge is 2.26. The third-order valence-electron chi connectivity index (χ3n) is 3.68. The number of hydrogen-bond acceptors (Lipinski definition) is 5. The maximum absolute atomic E-state index is 12.6. The molecule has 1 saturated heterocycles. The maximum atomic E-state index is 12.6. The fourth-order valence-electron chi connectivity index (χ4n) is 2.59. The minimum atomic E-state index is -0.248. The van der Waals surface area contributed by atoms with Crippen molar-refractivity contribution >= 4 is 21.8 Å². The van der Waals surface area contributed by atoms with Gasteiger partial charge in [-0.3, -0.25) is 4.79 Å². The number of amides is 1. The van der Waals surface area contributed by atoms with Gasteiger partial charge in [0, 0.05) is 18.7 Å². The van der Waals surface area contributed by atoms with Gasteiger partial charge in [0.25, 0.3) is 5.91 Å². The predicted octanol–water partition coefficient (Wildman–Crippen LogP) is 1.96. The predicted molar refractivity (Wildman–Crippen MR) is 87.2 cm³/mol. The number of rotatable bonds is 6. The minimum absolute atomic E-state index is 0.248. The van der Waals surface area contributed by atoms with E-state index in [9.17, 15) is 4.79 Å². The molecule has 2 rings (SSSR count). The maximum Gasteiger partial charge on any atom is 0.259 e. The molecule has 1 fully saturated rings. The van der Waals surface area contributed by atoms with Crippen molar-refractivity contribution in [3.63, 3.8) is 0 Å². The first-order valence-corrected chi connectivity index (χ1v) is 7.91. The van der Waals surface area contributed by atoms with E-state index in [1.165, 1.54) is 21.3 Å². The summed E-state index contributed by atoms with van der Waals surface area (Å²) in [5.74, 6) is 1.01. The molecule has 0 radical (unpaired) electrons. The summed E-state index contributed by atoms with van der Waals surface area (Å²) in [5.41, 5.74) is 0.328. The molecule has 1 aromatic rings. The Morgan fingerprint density at radius 3 is 2.59 bits per heavy atom.